The first-order valence-corrected chi connectivity index (χ1v) is 7.30. The van der Waals surface area contributed by atoms with E-state index in [1.807, 2.05) is 55.5 Å². The van der Waals surface area contributed by atoms with Gasteiger partial charge in [0.05, 0.1) is 0 Å². The number of ketones is 1. The minimum absolute atomic E-state index is 0.0322. The summed E-state index contributed by atoms with van der Waals surface area (Å²) >= 11 is 2.16. The van der Waals surface area contributed by atoms with E-state index in [2.05, 4.69) is 27.6 Å². The molecule has 0 saturated heterocycles. The molecule has 102 valence electrons. The molecule has 0 spiro atoms. The fourth-order valence-corrected chi connectivity index (χ4v) is 2.47. The van der Waals surface area contributed by atoms with Gasteiger partial charge >= 0.3 is 0 Å². The molecular weight excluding hydrogens is 363 g/mol. The predicted octanol–water partition coefficient (Wildman–Crippen LogP) is 3.57. The standard InChI is InChI=1S/C16H15IN2O/c1-11(12-6-8-13(18)9-7-12)19-10-16(20)14-4-2-3-5-15(14)17/h2-9H,10,18H2,1H3/b19-11+. The van der Waals surface area contributed by atoms with Crippen LogP contribution in [0.25, 0.3) is 0 Å². The fourth-order valence-electron chi connectivity index (χ4n) is 1.78. The van der Waals surface area contributed by atoms with Crippen molar-refractivity contribution in [2.24, 2.45) is 4.99 Å². The van der Waals surface area contributed by atoms with E-state index in [-0.39, 0.29) is 12.3 Å². The largest absolute Gasteiger partial charge is 0.399 e. The first kappa shape index (κ1) is 14.7. The van der Waals surface area contributed by atoms with Gasteiger partial charge in [0.1, 0.15) is 6.54 Å². The van der Waals surface area contributed by atoms with Crippen molar-refractivity contribution in [3.8, 4) is 0 Å². The van der Waals surface area contributed by atoms with Gasteiger partial charge in [-0.25, -0.2) is 0 Å². The number of halogens is 1. The van der Waals surface area contributed by atoms with Gasteiger partial charge in [0.25, 0.3) is 0 Å². The Hall–Kier alpha value is -1.69. The lowest BCUT2D eigenvalue weighted by Crippen LogP contribution is -2.08. The van der Waals surface area contributed by atoms with Gasteiger partial charge in [0.15, 0.2) is 5.78 Å². The Morgan fingerprint density at radius 3 is 2.45 bits per heavy atom. The number of anilines is 1. The zero-order valence-corrected chi connectivity index (χ0v) is 13.3. The van der Waals surface area contributed by atoms with Crippen LogP contribution in [0.5, 0.6) is 0 Å². The van der Waals surface area contributed by atoms with Gasteiger partial charge in [-0.1, -0.05) is 30.3 Å². The van der Waals surface area contributed by atoms with E-state index in [1.165, 1.54) is 0 Å². The molecule has 3 nitrogen and oxygen atoms in total. The van der Waals surface area contributed by atoms with E-state index in [1.54, 1.807) is 0 Å². The molecular formula is C16H15IN2O. The molecule has 0 atom stereocenters. The van der Waals surface area contributed by atoms with Crippen LogP contribution in [0.4, 0.5) is 5.69 Å². The lowest BCUT2D eigenvalue weighted by atomic mass is 10.1. The van der Waals surface area contributed by atoms with E-state index in [0.29, 0.717) is 0 Å². The number of nitrogens with two attached hydrogens (primary N) is 1. The predicted molar refractivity (Wildman–Crippen MR) is 91.4 cm³/mol. The Morgan fingerprint density at radius 2 is 1.80 bits per heavy atom. The number of nitrogen functional groups attached to an aromatic ring is 1. The van der Waals surface area contributed by atoms with E-state index in [0.717, 1.165) is 26.1 Å². The van der Waals surface area contributed by atoms with Crippen LogP contribution in [0.3, 0.4) is 0 Å². The summed E-state index contributed by atoms with van der Waals surface area (Å²) in [5, 5.41) is 0. The fraction of sp³-hybridized carbons (Fsp3) is 0.125. The van der Waals surface area contributed by atoms with Crippen molar-refractivity contribution in [1.82, 2.24) is 0 Å². The number of carbonyl (C=O) groups is 1. The van der Waals surface area contributed by atoms with Crippen molar-refractivity contribution in [3.05, 3.63) is 63.2 Å². The van der Waals surface area contributed by atoms with Crippen molar-refractivity contribution in [2.75, 3.05) is 12.3 Å². The highest BCUT2D eigenvalue weighted by Crippen LogP contribution is 2.12. The second-order valence-corrected chi connectivity index (χ2v) is 5.59. The SMILES string of the molecule is C/C(=N\CC(=O)c1ccccc1I)c1ccc(N)cc1. The van der Waals surface area contributed by atoms with Gasteiger partial charge in [-0.15, -0.1) is 0 Å². The summed E-state index contributed by atoms with van der Waals surface area (Å²) in [4.78, 5) is 16.5. The maximum atomic E-state index is 12.1. The first-order chi connectivity index (χ1) is 9.58. The molecule has 0 unspecified atom stereocenters. The van der Waals surface area contributed by atoms with E-state index >= 15 is 0 Å². The molecule has 0 heterocycles. The number of hydrogen-bond donors (Lipinski definition) is 1. The molecule has 0 saturated carbocycles. The highest BCUT2D eigenvalue weighted by Gasteiger charge is 2.08. The number of carbonyl (C=O) groups excluding carboxylic acids is 1. The van der Waals surface area contributed by atoms with Crippen LogP contribution in [0.15, 0.2) is 53.5 Å². The van der Waals surface area contributed by atoms with Gasteiger partial charge in [-0.2, -0.15) is 0 Å². The van der Waals surface area contributed by atoms with Crippen LogP contribution in [0.1, 0.15) is 22.8 Å². The minimum atomic E-state index is 0.0322. The number of benzene rings is 2. The molecule has 0 aliphatic carbocycles. The molecule has 2 rings (SSSR count). The Kier molecular flexibility index (Phi) is 4.89. The van der Waals surface area contributed by atoms with Crippen LogP contribution in [0, 0.1) is 3.57 Å². The van der Waals surface area contributed by atoms with Crippen molar-refractivity contribution in [1.29, 1.82) is 0 Å². The second kappa shape index (κ2) is 6.65. The Balaban J connectivity index is 2.11. The van der Waals surface area contributed by atoms with Crippen LogP contribution in [-0.4, -0.2) is 18.0 Å². The maximum absolute atomic E-state index is 12.1. The highest BCUT2D eigenvalue weighted by molar-refractivity contribution is 14.1. The van der Waals surface area contributed by atoms with Gasteiger partial charge < -0.3 is 5.73 Å². The summed E-state index contributed by atoms with van der Waals surface area (Å²) in [6, 6.07) is 15.0. The van der Waals surface area contributed by atoms with E-state index in [9.17, 15) is 4.79 Å². The molecule has 0 aliphatic rings. The lowest BCUT2D eigenvalue weighted by Gasteiger charge is -2.03. The summed E-state index contributed by atoms with van der Waals surface area (Å²) < 4.78 is 0.954. The average Bonchev–Trinajstić information content (AvgIpc) is 2.45. The van der Waals surface area contributed by atoms with Gasteiger partial charge in [-0.3, -0.25) is 9.79 Å². The molecule has 0 bridgehead atoms. The smallest absolute Gasteiger partial charge is 0.185 e. The van der Waals surface area contributed by atoms with Crippen LogP contribution in [0.2, 0.25) is 0 Å². The van der Waals surface area contributed by atoms with E-state index in [4.69, 9.17) is 5.73 Å². The number of rotatable bonds is 4. The van der Waals surface area contributed by atoms with Crippen LogP contribution >= 0.6 is 22.6 Å². The molecule has 0 aromatic heterocycles. The molecule has 2 N–H and O–H groups in total. The van der Waals surface area contributed by atoms with Crippen LogP contribution < -0.4 is 5.73 Å². The van der Waals surface area contributed by atoms with Gasteiger partial charge in [-0.05, 0) is 53.3 Å². The monoisotopic (exact) mass is 378 g/mol. The van der Waals surface area contributed by atoms with E-state index < -0.39 is 0 Å². The third kappa shape index (κ3) is 3.66. The molecule has 2 aromatic carbocycles. The Morgan fingerprint density at radius 1 is 1.15 bits per heavy atom. The number of aliphatic imine (C=N–C) groups is 1. The maximum Gasteiger partial charge on any atom is 0.185 e. The molecule has 0 amide bonds. The molecule has 4 heteroatoms. The zero-order chi connectivity index (χ0) is 14.5. The normalized spacial score (nSPS) is 11.4. The topological polar surface area (TPSA) is 55.5 Å². The number of Topliss-reactive ketones (excluding diaryl/α,β-unsaturated/α-hetero) is 1. The summed E-state index contributed by atoms with van der Waals surface area (Å²) in [6.45, 7) is 2.06. The molecule has 20 heavy (non-hydrogen) atoms. The molecule has 0 fully saturated rings. The Labute approximate surface area is 132 Å². The molecule has 0 aliphatic heterocycles. The van der Waals surface area contributed by atoms with Gasteiger partial charge in [0.2, 0.25) is 0 Å². The van der Waals surface area contributed by atoms with Crippen molar-refractivity contribution in [2.45, 2.75) is 6.92 Å². The second-order valence-electron chi connectivity index (χ2n) is 4.43. The molecule has 0 radical (unpaired) electrons. The molecule has 2 aromatic rings. The van der Waals surface area contributed by atoms with Crippen molar-refractivity contribution in [3.63, 3.8) is 0 Å². The minimum Gasteiger partial charge on any atom is -0.399 e. The lowest BCUT2D eigenvalue weighted by molar-refractivity contribution is 0.100. The van der Waals surface area contributed by atoms with Crippen LogP contribution in [-0.2, 0) is 0 Å². The Bertz CT molecular complexity index is 648. The summed E-state index contributed by atoms with van der Waals surface area (Å²) in [5.74, 6) is 0.0322. The number of hydrogen-bond acceptors (Lipinski definition) is 3. The summed E-state index contributed by atoms with van der Waals surface area (Å²) in [5.41, 5.74) is 8.91. The zero-order valence-electron chi connectivity index (χ0n) is 11.1. The quantitative estimate of drug-likeness (QED) is 0.383. The summed E-state index contributed by atoms with van der Waals surface area (Å²) in [6.07, 6.45) is 0. The third-order valence-electron chi connectivity index (χ3n) is 2.96. The summed E-state index contributed by atoms with van der Waals surface area (Å²) in [7, 11) is 0. The average molecular weight is 378 g/mol. The number of nitrogens with zero attached hydrogens (tertiary/aromatic N) is 1. The van der Waals surface area contributed by atoms with Crippen molar-refractivity contribution >= 4 is 39.8 Å². The highest BCUT2D eigenvalue weighted by atomic mass is 127. The third-order valence-corrected chi connectivity index (χ3v) is 3.90. The van der Waals surface area contributed by atoms with Gasteiger partial charge in [0, 0.05) is 20.5 Å². The first-order valence-electron chi connectivity index (χ1n) is 6.22. The van der Waals surface area contributed by atoms with Crippen molar-refractivity contribution < 1.29 is 4.79 Å².